The van der Waals surface area contributed by atoms with Gasteiger partial charge in [0.15, 0.2) is 0 Å². The molecule has 0 heterocycles. The first-order chi connectivity index (χ1) is 8.13. The number of hydrogen-bond acceptors (Lipinski definition) is 4. The zero-order valence-corrected chi connectivity index (χ0v) is 11.0. The maximum atomic E-state index is 11.5. The standard InChI is InChI=1S/C12H24N2O3/c1-4-10(5-2)14-11(15)9-13-8-7-12(16)17-6-3/h10,13H,4-9H2,1-3H3,(H,14,15). The number of carbonyl (C=O) groups excluding carboxylic acids is 2. The average Bonchev–Trinajstić information content (AvgIpc) is 2.32. The Morgan fingerprint density at radius 1 is 1.18 bits per heavy atom. The molecule has 0 bridgehead atoms. The van der Waals surface area contributed by atoms with Crippen molar-refractivity contribution in [2.75, 3.05) is 19.7 Å². The molecule has 0 rings (SSSR count). The van der Waals surface area contributed by atoms with Gasteiger partial charge in [-0.15, -0.1) is 0 Å². The minimum absolute atomic E-state index is 0.0254. The van der Waals surface area contributed by atoms with Crippen LogP contribution < -0.4 is 10.6 Å². The summed E-state index contributed by atoms with van der Waals surface area (Å²) < 4.78 is 4.77. The van der Waals surface area contributed by atoms with Crippen LogP contribution in [0.5, 0.6) is 0 Å². The first-order valence-electron chi connectivity index (χ1n) is 6.29. The minimum Gasteiger partial charge on any atom is -0.466 e. The molecule has 100 valence electrons. The molecule has 2 N–H and O–H groups in total. The lowest BCUT2D eigenvalue weighted by atomic mass is 10.2. The number of rotatable bonds is 9. The van der Waals surface area contributed by atoms with Crippen LogP contribution >= 0.6 is 0 Å². The summed E-state index contributed by atoms with van der Waals surface area (Å²) in [6, 6.07) is 0.245. The summed E-state index contributed by atoms with van der Waals surface area (Å²) in [5, 5.41) is 5.83. The molecule has 0 spiro atoms. The van der Waals surface area contributed by atoms with Gasteiger partial charge in [-0.05, 0) is 19.8 Å². The Balaban J connectivity index is 3.54. The first-order valence-corrected chi connectivity index (χ1v) is 6.29. The second-order valence-corrected chi connectivity index (χ2v) is 3.81. The molecule has 0 saturated heterocycles. The van der Waals surface area contributed by atoms with Crippen LogP contribution in [0.1, 0.15) is 40.0 Å². The van der Waals surface area contributed by atoms with Crippen molar-refractivity contribution in [1.29, 1.82) is 0 Å². The highest BCUT2D eigenvalue weighted by atomic mass is 16.5. The highest BCUT2D eigenvalue weighted by molar-refractivity contribution is 5.78. The Hall–Kier alpha value is -1.10. The van der Waals surface area contributed by atoms with Gasteiger partial charge in [-0.1, -0.05) is 13.8 Å². The van der Waals surface area contributed by atoms with Crippen molar-refractivity contribution in [3.8, 4) is 0 Å². The Labute approximate surface area is 103 Å². The number of nitrogens with one attached hydrogen (secondary N) is 2. The maximum Gasteiger partial charge on any atom is 0.307 e. The Bertz CT molecular complexity index is 228. The van der Waals surface area contributed by atoms with E-state index in [4.69, 9.17) is 4.74 Å². The second-order valence-electron chi connectivity index (χ2n) is 3.81. The van der Waals surface area contributed by atoms with Crippen LogP contribution in [-0.4, -0.2) is 37.6 Å². The lowest BCUT2D eigenvalue weighted by molar-refractivity contribution is -0.143. The van der Waals surface area contributed by atoms with Gasteiger partial charge in [-0.25, -0.2) is 0 Å². The van der Waals surface area contributed by atoms with Crippen LogP contribution in [0.15, 0.2) is 0 Å². The predicted octanol–water partition coefficient (Wildman–Crippen LogP) is 0.834. The lowest BCUT2D eigenvalue weighted by Gasteiger charge is -2.14. The number of amides is 1. The fourth-order valence-electron chi connectivity index (χ4n) is 1.40. The maximum absolute atomic E-state index is 11.5. The molecule has 0 aliphatic rings. The van der Waals surface area contributed by atoms with E-state index in [1.807, 2.05) is 13.8 Å². The average molecular weight is 244 g/mol. The largest absolute Gasteiger partial charge is 0.466 e. The van der Waals surface area contributed by atoms with Gasteiger partial charge >= 0.3 is 5.97 Å². The van der Waals surface area contributed by atoms with E-state index >= 15 is 0 Å². The molecule has 0 radical (unpaired) electrons. The van der Waals surface area contributed by atoms with Gasteiger partial charge in [0.05, 0.1) is 19.6 Å². The van der Waals surface area contributed by atoms with Crippen LogP contribution in [0.2, 0.25) is 0 Å². The first kappa shape index (κ1) is 15.9. The normalized spacial score (nSPS) is 10.4. The smallest absolute Gasteiger partial charge is 0.307 e. The van der Waals surface area contributed by atoms with E-state index in [2.05, 4.69) is 10.6 Å². The van der Waals surface area contributed by atoms with Gasteiger partial charge in [-0.2, -0.15) is 0 Å². The second kappa shape index (κ2) is 10.1. The third-order valence-electron chi connectivity index (χ3n) is 2.45. The zero-order chi connectivity index (χ0) is 13.1. The predicted molar refractivity (Wildman–Crippen MR) is 66.6 cm³/mol. The Morgan fingerprint density at radius 2 is 1.82 bits per heavy atom. The summed E-state index contributed by atoms with van der Waals surface area (Å²) in [4.78, 5) is 22.4. The lowest BCUT2D eigenvalue weighted by Crippen LogP contribution is -2.40. The van der Waals surface area contributed by atoms with Crippen LogP contribution in [0.3, 0.4) is 0 Å². The van der Waals surface area contributed by atoms with E-state index in [0.717, 1.165) is 12.8 Å². The molecule has 0 atom stereocenters. The minimum atomic E-state index is -0.236. The van der Waals surface area contributed by atoms with E-state index in [1.165, 1.54) is 0 Å². The number of ether oxygens (including phenoxy) is 1. The third-order valence-corrected chi connectivity index (χ3v) is 2.45. The summed E-state index contributed by atoms with van der Waals surface area (Å²) in [5.74, 6) is -0.261. The summed E-state index contributed by atoms with van der Waals surface area (Å²) in [6.07, 6.45) is 2.17. The van der Waals surface area contributed by atoms with E-state index in [-0.39, 0.29) is 24.5 Å². The molecule has 0 fully saturated rings. The highest BCUT2D eigenvalue weighted by Gasteiger charge is 2.07. The fourth-order valence-corrected chi connectivity index (χ4v) is 1.40. The Kier molecular flexibility index (Phi) is 9.43. The van der Waals surface area contributed by atoms with Crippen LogP contribution in [0.4, 0.5) is 0 Å². The molecule has 0 aromatic heterocycles. The van der Waals surface area contributed by atoms with Gasteiger partial charge in [-0.3, -0.25) is 9.59 Å². The number of esters is 1. The van der Waals surface area contributed by atoms with Crippen molar-refractivity contribution in [2.24, 2.45) is 0 Å². The van der Waals surface area contributed by atoms with E-state index < -0.39 is 0 Å². The summed E-state index contributed by atoms with van der Waals surface area (Å²) >= 11 is 0. The molecule has 17 heavy (non-hydrogen) atoms. The fraction of sp³-hybridized carbons (Fsp3) is 0.833. The molecule has 0 aromatic carbocycles. The quantitative estimate of drug-likeness (QED) is 0.466. The molecule has 0 saturated carbocycles. The monoisotopic (exact) mass is 244 g/mol. The number of carbonyl (C=O) groups is 2. The van der Waals surface area contributed by atoms with Gasteiger partial charge in [0.25, 0.3) is 0 Å². The van der Waals surface area contributed by atoms with Crippen LogP contribution in [0, 0.1) is 0 Å². The van der Waals surface area contributed by atoms with Gasteiger partial charge in [0.1, 0.15) is 0 Å². The highest BCUT2D eigenvalue weighted by Crippen LogP contribution is 1.94. The van der Waals surface area contributed by atoms with Crippen LogP contribution in [-0.2, 0) is 14.3 Å². The molecule has 5 nitrogen and oxygen atoms in total. The molecular formula is C12H24N2O3. The third kappa shape index (κ3) is 8.68. The van der Waals surface area contributed by atoms with Gasteiger partial charge in [0, 0.05) is 12.6 Å². The van der Waals surface area contributed by atoms with Crippen molar-refractivity contribution in [3.63, 3.8) is 0 Å². The topological polar surface area (TPSA) is 67.4 Å². The van der Waals surface area contributed by atoms with Crippen molar-refractivity contribution in [3.05, 3.63) is 0 Å². The summed E-state index contributed by atoms with van der Waals surface area (Å²) in [7, 11) is 0. The van der Waals surface area contributed by atoms with E-state index in [1.54, 1.807) is 6.92 Å². The van der Waals surface area contributed by atoms with Gasteiger partial charge in [0.2, 0.25) is 5.91 Å². The molecule has 0 aromatic rings. The van der Waals surface area contributed by atoms with E-state index in [9.17, 15) is 9.59 Å². The van der Waals surface area contributed by atoms with Crippen molar-refractivity contribution in [2.45, 2.75) is 46.1 Å². The Morgan fingerprint density at radius 3 is 2.35 bits per heavy atom. The molecule has 0 aliphatic carbocycles. The summed E-state index contributed by atoms with van der Waals surface area (Å²) in [5.41, 5.74) is 0. The molecule has 0 aliphatic heterocycles. The molecule has 1 amide bonds. The molecule has 5 heteroatoms. The number of hydrogen-bond donors (Lipinski definition) is 2. The van der Waals surface area contributed by atoms with Crippen molar-refractivity contribution >= 4 is 11.9 Å². The van der Waals surface area contributed by atoms with Crippen molar-refractivity contribution in [1.82, 2.24) is 10.6 Å². The summed E-state index contributed by atoms with van der Waals surface area (Å²) in [6.45, 7) is 6.97. The van der Waals surface area contributed by atoms with Crippen LogP contribution in [0.25, 0.3) is 0 Å². The van der Waals surface area contributed by atoms with Gasteiger partial charge < -0.3 is 15.4 Å². The van der Waals surface area contributed by atoms with E-state index in [0.29, 0.717) is 19.6 Å². The zero-order valence-electron chi connectivity index (χ0n) is 11.0. The molecular weight excluding hydrogens is 220 g/mol. The SMILES string of the molecule is CCOC(=O)CCNCC(=O)NC(CC)CC. The van der Waals surface area contributed by atoms with Crippen molar-refractivity contribution < 1.29 is 14.3 Å². The molecule has 0 unspecified atom stereocenters.